The van der Waals surface area contributed by atoms with E-state index in [-0.39, 0.29) is 12.1 Å². The lowest BCUT2D eigenvalue weighted by Crippen LogP contribution is -2.33. The van der Waals surface area contributed by atoms with Crippen LogP contribution in [0, 0.1) is 11.3 Å². The fourth-order valence-electron chi connectivity index (χ4n) is 0.961. The van der Waals surface area contributed by atoms with E-state index in [1.54, 1.807) is 18.2 Å². The minimum absolute atomic E-state index is 0.0271. The van der Waals surface area contributed by atoms with Crippen LogP contribution in [0.5, 0.6) is 5.75 Å². The number of rotatable bonds is 3. The molecule has 0 aliphatic carbocycles. The lowest BCUT2D eigenvalue weighted by atomic mass is 10.2. The highest BCUT2D eigenvalue weighted by Gasteiger charge is 2.08. The molecule has 0 saturated carbocycles. The van der Waals surface area contributed by atoms with Gasteiger partial charge >= 0.3 is 0 Å². The second-order valence-corrected chi connectivity index (χ2v) is 3.32. The number of hydrogen-bond donors (Lipinski definition) is 1. The molecule has 0 saturated heterocycles. The number of hydrogen-bond acceptors (Lipinski definition) is 3. The summed E-state index contributed by atoms with van der Waals surface area (Å²) in [7, 11) is 0. The van der Waals surface area contributed by atoms with E-state index in [9.17, 15) is 0 Å². The van der Waals surface area contributed by atoms with Gasteiger partial charge in [0.15, 0.2) is 0 Å². The molecule has 1 rings (SSSR count). The molecule has 0 fully saturated rings. The number of nitrogens with zero attached hydrogens (tertiary/aromatic N) is 1. The van der Waals surface area contributed by atoms with Crippen LogP contribution in [0.25, 0.3) is 0 Å². The highest BCUT2D eigenvalue weighted by molar-refractivity contribution is 5.36. The standard InChI is InChI=1S/C11H14N2O/c1-8(13)9(2)14-11-5-3-4-10(6-11)7-12/h3-6,8-9H,13H2,1-2H3/t8-,9?/m1/s1. The number of nitriles is 1. The van der Waals surface area contributed by atoms with Gasteiger partial charge in [0.2, 0.25) is 0 Å². The summed E-state index contributed by atoms with van der Waals surface area (Å²) in [5.74, 6) is 0.689. The van der Waals surface area contributed by atoms with Crippen LogP contribution in [0.3, 0.4) is 0 Å². The smallest absolute Gasteiger partial charge is 0.121 e. The van der Waals surface area contributed by atoms with Crippen LogP contribution in [0.2, 0.25) is 0 Å². The monoisotopic (exact) mass is 190 g/mol. The number of benzene rings is 1. The van der Waals surface area contributed by atoms with Gasteiger partial charge < -0.3 is 10.5 Å². The van der Waals surface area contributed by atoms with E-state index in [2.05, 4.69) is 6.07 Å². The molecule has 0 amide bonds. The SMILES string of the molecule is CC(Oc1cccc(C#N)c1)[C@@H](C)N. The largest absolute Gasteiger partial charge is 0.489 e. The summed E-state index contributed by atoms with van der Waals surface area (Å²) in [6, 6.07) is 9.09. The Morgan fingerprint density at radius 3 is 2.71 bits per heavy atom. The van der Waals surface area contributed by atoms with Gasteiger partial charge in [0.05, 0.1) is 11.6 Å². The Balaban J connectivity index is 2.73. The van der Waals surface area contributed by atoms with Crippen LogP contribution >= 0.6 is 0 Å². The van der Waals surface area contributed by atoms with Gasteiger partial charge in [-0.15, -0.1) is 0 Å². The van der Waals surface area contributed by atoms with Crippen LogP contribution in [-0.4, -0.2) is 12.1 Å². The normalized spacial score (nSPS) is 14.1. The number of ether oxygens (including phenoxy) is 1. The summed E-state index contributed by atoms with van der Waals surface area (Å²) in [6.45, 7) is 3.79. The Morgan fingerprint density at radius 1 is 1.43 bits per heavy atom. The first kappa shape index (κ1) is 10.6. The fourth-order valence-corrected chi connectivity index (χ4v) is 0.961. The third-order valence-electron chi connectivity index (χ3n) is 2.03. The van der Waals surface area contributed by atoms with Crippen molar-refractivity contribution in [2.24, 2.45) is 5.73 Å². The first-order valence-corrected chi connectivity index (χ1v) is 4.56. The molecule has 0 aliphatic rings. The van der Waals surface area contributed by atoms with Crippen molar-refractivity contribution < 1.29 is 4.74 Å². The molecule has 2 atom stereocenters. The molecule has 14 heavy (non-hydrogen) atoms. The topological polar surface area (TPSA) is 59.0 Å². The minimum Gasteiger partial charge on any atom is -0.489 e. The summed E-state index contributed by atoms with van der Waals surface area (Å²) < 4.78 is 5.54. The summed E-state index contributed by atoms with van der Waals surface area (Å²) >= 11 is 0. The molecule has 0 heterocycles. The Bertz CT molecular complexity index is 341. The van der Waals surface area contributed by atoms with Crippen LogP contribution in [0.4, 0.5) is 0 Å². The molecule has 74 valence electrons. The second-order valence-electron chi connectivity index (χ2n) is 3.32. The molecule has 0 spiro atoms. The molecule has 1 unspecified atom stereocenters. The Kier molecular flexibility index (Phi) is 3.49. The van der Waals surface area contributed by atoms with E-state index in [1.165, 1.54) is 0 Å². The van der Waals surface area contributed by atoms with Gasteiger partial charge in [0, 0.05) is 6.04 Å². The van der Waals surface area contributed by atoms with Crippen LogP contribution in [0.1, 0.15) is 19.4 Å². The molecule has 0 radical (unpaired) electrons. The van der Waals surface area contributed by atoms with Crippen molar-refractivity contribution in [1.29, 1.82) is 5.26 Å². The quantitative estimate of drug-likeness (QED) is 0.788. The summed E-state index contributed by atoms with van der Waals surface area (Å²) in [6.07, 6.45) is -0.0519. The van der Waals surface area contributed by atoms with Gasteiger partial charge in [-0.2, -0.15) is 5.26 Å². The first-order chi connectivity index (χ1) is 6.63. The fraction of sp³-hybridized carbons (Fsp3) is 0.364. The lowest BCUT2D eigenvalue weighted by molar-refractivity contribution is 0.196. The van der Waals surface area contributed by atoms with Crippen molar-refractivity contribution >= 4 is 0 Å². The van der Waals surface area contributed by atoms with Crippen molar-refractivity contribution in [2.75, 3.05) is 0 Å². The molecule has 1 aromatic carbocycles. The van der Waals surface area contributed by atoms with Crippen LogP contribution in [0.15, 0.2) is 24.3 Å². The van der Waals surface area contributed by atoms with E-state index in [1.807, 2.05) is 19.9 Å². The van der Waals surface area contributed by atoms with Gasteiger partial charge in [-0.25, -0.2) is 0 Å². The van der Waals surface area contributed by atoms with Gasteiger partial charge in [-0.1, -0.05) is 6.07 Å². The Labute approximate surface area is 84.1 Å². The average molecular weight is 190 g/mol. The second kappa shape index (κ2) is 4.64. The molecular weight excluding hydrogens is 176 g/mol. The maximum Gasteiger partial charge on any atom is 0.121 e. The van der Waals surface area contributed by atoms with Crippen molar-refractivity contribution in [2.45, 2.75) is 26.0 Å². The maximum absolute atomic E-state index is 8.68. The van der Waals surface area contributed by atoms with E-state index < -0.39 is 0 Å². The van der Waals surface area contributed by atoms with E-state index in [0.717, 1.165) is 0 Å². The van der Waals surface area contributed by atoms with Gasteiger partial charge in [0.1, 0.15) is 11.9 Å². The van der Waals surface area contributed by atoms with E-state index in [0.29, 0.717) is 11.3 Å². The third kappa shape index (κ3) is 2.75. The lowest BCUT2D eigenvalue weighted by Gasteiger charge is -2.17. The Hall–Kier alpha value is -1.53. The summed E-state index contributed by atoms with van der Waals surface area (Å²) in [5.41, 5.74) is 6.26. The van der Waals surface area contributed by atoms with E-state index in [4.69, 9.17) is 15.7 Å². The zero-order valence-electron chi connectivity index (χ0n) is 8.40. The predicted molar refractivity (Wildman–Crippen MR) is 54.9 cm³/mol. The molecule has 3 heteroatoms. The molecule has 0 aromatic heterocycles. The van der Waals surface area contributed by atoms with Crippen molar-refractivity contribution in [1.82, 2.24) is 0 Å². The average Bonchev–Trinajstić information content (AvgIpc) is 2.18. The van der Waals surface area contributed by atoms with Crippen molar-refractivity contribution in [3.8, 4) is 11.8 Å². The zero-order valence-corrected chi connectivity index (χ0v) is 8.40. The molecular formula is C11H14N2O. The van der Waals surface area contributed by atoms with Gasteiger partial charge in [-0.05, 0) is 32.0 Å². The Morgan fingerprint density at radius 2 is 2.14 bits per heavy atom. The molecule has 2 N–H and O–H groups in total. The minimum atomic E-state index is -0.0519. The highest BCUT2D eigenvalue weighted by atomic mass is 16.5. The highest BCUT2D eigenvalue weighted by Crippen LogP contribution is 2.14. The molecule has 0 bridgehead atoms. The third-order valence-corrected chi connectivity index (χ3v) is 2.03. The van der Waals surface area contributed by atoms with Crippen LogP contribution in [-0.2, 0) is 0 Å². The van der Waals surface area contributed by atoms with Crippen LogP contribution < -0.4 is 10.5 Å². The maximum atomic E-state index is 8.68. The van der Waals surface area contributed by atoms with E-state index >= 15 is 0 Å². The molecule has 3 nitrogen and oxygen atoms in total. The van der Waals surface area contributed by atoms with Gasteiger partial charge in [-0.3, -0.25) is 0 Å². The van der Waals surface area contributed by atoms with Gasteiger partial charge in [0.25, 0.3) is 0 Å². The zero-order chi connectivity index (χ0) is 10.6. The summed E-state index contributed by atoms with van der Waals surface area (Å²) in [5, 5.41) is 8.68. The molecule has 0 aliphatic heterocycles. The summed E-state index contributed by atoms with van der Waals surface area (Å²) in [4.78, 5) is 0. The number of nitrogens with two attached hydrogens (primary N) is 1. The van der Waals surface area contributed by atoms with Crippen molar-refractivity contribution in [3.63, 3.8) is 0 Å². The first-order valence-electron chi connectivity index (χ1n) is 4.56. The predicted octanol–water partition coefficient (Wildman–Crippen LogP) is 1.67. The molecule has 1 aromatic rings. The van der Waals surface area contributed by atoms with Crippen molar-refractivity contribution in [3.05, 3.63) is 29.8 Å².